The third-order valence-electron chi connectivity index (χ3n) is 5.55. The van der Waals surface area contributed by atoms with E-state index in [0.29, 0.717) is 34.9 Å². The number of nitrogens with zero attached hydrogens (tertiary/aromatic N) is 5. The van der Waals surface area contributed by atoms with Gasteiger partial charge in [-0.1, -0.05) is 18.2 Å². The summed E-state index contributed by atoms with van der Waals surface area (Å²) in [5.74, 6) is 0.252. The second kappa shape index (κ2) is 8.06. The summed E-state index contributed by atoms with van der Waals surface area (Å²) in [5, 5.41) is 7.03. The molecule has 4 rings (SSSR count). The highest BCUT2D eigenvalue weighted by atomic mass is 16.2. The predicted molar refractivity (Wildman–Crippen MR) is 112 cm³/mol. The summed E-state index contributed by atoms with van der Waals surface area (Å²) in [7, 11) is 1.82. The molecule has 8 nitrogen and oxygen atoms in total. The van der Waals surface area contributed by atoms with Gasteiger partial charge in [-0.05, 0) is 38.8 Å². The summed E-state index contributed by atoms with van der Waals surface area (Å²) in [6.45, 7) is 4.32. The van der Waals surface area contributed by atoms with E-state index in [4.69, 9.17) is 0 Å². The van der Waals surface area contributed by atoms with Crippen LogP contribution in [0.2, 0.25) is 0 Å². The number of para-hydroxylation sites is 1. The molecule has 3 aromatic rings. The van der Waals surface area contributed by atoms with E-state index in [2.05, 4.69) is 20.4 Å². The molecular weight excluding hydrogens is 380 g/mol. The van der Waals surface area contributed by atoms with Gasteiger partial charge in [-0.15, -0.1) is 0 Å². The van der Waals surface area contributed by atoms with Crippen LogP contribution in [-0.2, 0) is 7.05 Å². The van der Waals surface area contributed by atoms with Gasteiger partial charge < -0.3 is 10.2 Å². The van der Waals surface area contributed by atoms with Gasteiger partial charge in [-0.25, -0.2) is 9.97 Å². The van der Waals surface area contributed by atoms with Crippen LogP contribution in [-0.4, -0.2) is 43.0 Å². The van der Waals surface area contributed by atoms with E-state index in [0.717, 1.165) is 18.5 Å². The molecule has 1 atom stereocenters. The van der Waals surface area contributed by atoms with E-state index >= 15 is 0 Å². The second-order valence-corrected chi connectivity index (χ2v) is 7.47. The molecule has 2 amide bonds. The third-order valence-corrected chi connectivity index (χ3v) is 5.55. The van der Waals surface area contributed by atoms with Crippen molar-refractivity contribution in [2.24, 2.45) is 7.05 Å². The standard InChI is InChI=1S/C22H24N6O2/c1-14-17(21(29)26-16-8-5-4-6-9-16)12-23-20(25-14)19-10-7-11-28(19)22(30)18-13-24-27(3)15(18)2/h4-6,8-9,12-13,19H,7,10-11H2,1-3H3,(H,26,29)/t19-/m1/s1. The minimum atomic E-state index is -0.254. The van der Waals surface area contributed by atoms with Crippen LogP contribution in [0.15, 0.2) is 42.7 Å². The third kappa shape index (κ3) is 3.68. The Morgan fingerprint density at radius 1 is 1.10 bits per heavy atom. The van der Waals surface area contributed by atoms with Gasteiger partial charge in [0.05, 0.1) is 29.1 Å². The molecule has 1 aliphatic heterocycles. The molecule has 0 bridgehead atoms. The maximum atomic E-state index is 13.1. The quantitative estimate of drug-likeness (QED) is 0.721. The van der Waals surface area contributed by atoms with Crippen molar-refractivity contribution in [2.75, 3.05) is 11.9 Å². The van der Waals surface area contributed by atoms with Crippen molar-refractivity contribution in [1.29, 1.82) is 0 Å². The first-order valence-corrected chi connectivity index (χ1v) is 9.95. The van der Waals surface area contributed by atoms with Gasteiger partial charge in [0.15, 0.2) is 5.82 Å². The van der Waals surface area contributed by atoms with Crippen molar-refractivity contribution >= 4 is 17.5 Å². The molecule has 3 heterocycles. The zero-order valence-electron chi connectivity index (χ0n) is 17.3. The average molecular weight is 404 g/mol. The first-order chi connectivity index (χ1) is 14.5. The number of hydrogen-bond acceptors (Lipinski definition) is 5. The maximum absolute atomic E-state index is 13.1. The van der Waals surface area contributed by atoms with Crippen LogP contribution in [0, 0.1) is 13.8 Å². The van der Waals surface area contributed by atoms with Crippen LogP contribution in [0.1, 0.15) is 56.8 Å². The maximum Gasteiger partial charge on any atom is 0.259 e. The first kappa shape index (κ1) is 19.8. The van der Waals surface area contributed by atoms with Crippen molar-refractivity contribution in [3.05, 3.63) is 71.1 Å². The smallest absolute Gasteiger partial charge is 0.259 e. The molecule has 0 spiro atoms. The zero-order valence-corrected chi connectivity index (χ0v) is 17.3. The Morgan fingerprint density at radius 3 is 2.53 bits per heavy atom. The van der Waals surface area contributed by atoms with Gasteiger partial charge in [-0.3, -0.25) is 14.3 Å². The minimum absolute atomic E-state index is 0.0600. The number of carbonyl (C=O) groups excluding carboxylic acids is 2. The highest BCUT2D eigenvalue weighted by molar-refractivity contribution is 6.04. The topological polar surface area (TPSA) is 93.0 Å². The Bertz CT molecular complexity index is 1090. The van der Waals surface area contributed by atoms with Crippen LogP contribution in [0.3, 0.4) is 0 Å². The number of aromatic nitrogens is 4. The molecule has 1 saturated heterocycles. The number of aryl methyl sites for hydroxylation is 2. The first-order valence-electron chi connectivity index (χ1n) is 9.95. The summed E-state index contributed by atoms with van der Waals surface area (Å²) in [5.41, 5.74) is 3.15. The molecule has 2 aromatic heterocycles. The number of amides is 2. The van der Waals surface area contributed by atoms with E-state index in [-0.39, 0.29) is 17.9 Å². The highest BCUT2D eigenvalue weighted by Crippen LogP contribution is 2.32. The highest BCUT2D eigenvalue weighted by Gasteiger charge is 2.34. The molecule has 1 aliphatic rings. The fraction of sp³-hybridized carbons (Fsp3) is 0.318. The number of nitrogens with one attached hydrogen (secondary N) is 1. The molecule has 30 heavy (non-hydrogen) atoms. The molecule has 0 unspecified atom stereocenters. The van der Waals surface area contributed by atoms with Crippen molar-refractivity contribution in [3.8, 4) is 0 Å². The second-order valence-electron chi connectivity index (χ2n) is 7.47. The Kier molecular flexibility index (Phi) is 5.31. The normalized spacial score (nSPS) is 16.0. The lowest BCUT2D eigenvalue weighted by Crippen LogP contribution is -2.32. The molecule has 1 N–H and O–H groups in total. The number of anilines is 1. The largest absolute Gasteiger partial charge is 0.328 e. The van der Waals surface area contributed by atoms with Crippen molar-refractivity contribution in [2.45, 2.75) is 32.7 Å². The fourth-order valence-corrected chi connectivity index (χ4v) is 3.73. The molecule has 8 heteroatoms. The van der Waals surface area contributed by atoms with Gasteiger partial charge >= 0.3 is 0 Å². The number of rotatable bonds is 4. The monoisotopic (exact) mass is 404 g/mol. The summed E-state index contributed by atoms with van der Waals surface area (Å²) < 4.78 is 1.69. The van der Waals surface area contributed by atoms with E-state index in [1.54, 1.807) is 24.0 Å². The molecular formula is C22H24N6O2. The lowest BCUT2D eigenvalue weighted by Gasteiger charge is -2.24. The van der Waals surface area contributed by atoms with E-state index in [9.17, 15) is 9.59 Å². The lowest BCUT2D eigenvalue weighted by molar-refractivity contribution is 0.0728. The summed E-state index contributed by atoms with van der Waals surface area (Å²) >= 11 is 0. The van der Waals surface area contributed by atoms with Gasteiger partial charge in [0.2, 0.25) is 0 Å². The average Bonchev–Trinajstić information content (AvgIpc) is 3.35. The number of hydrogen-bond donors (Lipinski definition) is 1. The summed E-state index contributed by atoms with van der Waals surface area (Å²) in [6.07, 6.45) is 4.83. The Labute approximate surface area is 175 Å². The van der Waals surface area contributed by atoms with Crippen LogP contribution in [0.5, 0.6) is 0 Å². The Hall–Kier alpha value is -3.55. The molecule has 154 valence electrons. The molecule has 0 saturated carbocycles. The Morgan fingerprint density at radius 2 is 1.87 bits per heavy atom. The lowest BCUT2D eigenvalue weighted by atomic mass is 10.1. The number of benzene rings is 1. The van der Waals surface area contributed by atoms with Gasteiger partial charge in [0, 0.05) is 31.2 Å². The van der Waals surface area contributed by atoms with Crippen molar-refractivity contribution in [3.63, 3.8) is 0 Å². The van der Waals surface area contributed by atoms with E-state index in [1.807, 2.05) is 49.2 Å². The van der Waals surface area contributed by atoms with Crippen molar-refractivity contribution in [1.82, 2.24) is 24.6 Å². The molecule has 0 radical (unpaired) electrons. The van der Waals surface area contributed by atoms with Crippen molar-refractivity contribution < 1.29 is 9.59 Å². The van der Waals surface area contributed by atoms with Crippen LogP contribution < -0.4 is 5.32 Å². The predicted octanol–water partition coefficient (Wildman–Crippen LogP) is 3.06. The molecule has 1 aromatic carbocycles. The summed E-state index contributed by atoms with van der Waals surface area (Å²) in [6, 6.07) is 9.05. The number of likely N-dealkylation sites (tertiary alicyclic amines) is 1. The molecule has 1 fully saturated rings. The fourth-order valence-electron chi connectivity index (χ4n) is 3.73. The van der Waals surface area contributed by atoms with Gasteiger partial charge in [0.25, 0.3) is 11.8 Å². The van der Waals surface area contributed by atoms with Gasteiger partial charge in [0.1, 0.15) is 0 Å². The van der Waals surface area contributed by atoms with Crippen LogP contribution >= 0.6 is 0 Å². The van der Waals surface area contributed by atoms with Gasteiger partial charge in [-0.2, -0.15) is 5.10 Å². The zero-order chi connectivity index (χ0) is 21.3. The Balaban J connectivity index is 1.55. The van der Waals surface area contributed by atoms with Crippen LogP contribution in [0.25, 0.3) is 0 Å². The van der Waals surface area contributed by atoms with Crippen LogP contribution in [0.4, 0.5) is 5.69 Å². The minimum Gasteiger partial charge on any atom is -0.328 e. The molecule has 0 aliphatic carbocycles. The van der Waals surface area contributed by atoms with E-state index < -0.39 is 0 Å². The number of carbonyl (C=O) groups is 2. The summed E-state index contributed by atoms with van der Waals surface area (Å²) in [4.78, 5) is 36.5. The SMILES string of the molecule is Cc1nc([C@H]2CCCN2C(=O)c2cnn(C)c2C)ncc1C(=O)Nc1ccccc1. The van der Waals surface area contributed by atoms with E-state index in [1.165, 1.54) is 0 Å².